The fraction of sp³-hybridized carbons (Fsp3) is 0.412. The molecule has 0 aromatic heterocycles. The molecule has 1 saturated carbocycles. The molecule has 2 aliphatic rings. The van der Waals surface area contributed by atoms with Crippen LogP contribution in [-0.4, -0.2) is 31.1 Å². The topological polar surface area (TPSA) is 69.6 Å². The Morgan fingerprint density at radius 1 is 1.09 bits per heavy atom. The zero-order chi connectivity index (χ0) is 15.9. The number of benzene rings is 1. The Kier molecular flexibility index (Phi) is 3.64. The number of carbonyl (C=O) groups excluding carboxylic acids is 1. The standard InChI is InChI=1S/C17H20N2O3/c1-19(2)13-7-5-12(6-8-13)18-16(20)14-10-3-4-11(9-10)15(14)17(21)22/h3-8,10-11,14-15H,9H2,1-2H3,(H,18,20)(H,21,22)/t10-,11-,14+,15-/m0/s1. The number of carboxylic acid groups (broad SMARTS) is 1. The molecule has 1 aromatic carbocycles. The fourth-order valence-corrected chi connectivity index (χ4v) is 3.58. The molecule has 0 aliphatic heterocycles. The molecule has 2 N–H and O–H groups in total. The molecular formula is C17H20N2O3. The van der Waals surface area contributed by atoms with Gasteiger partial charge in [-0.2, -0.15) is 0 Å². The predicted molar refractivity (Wildman–Crippen MR) is 84.8 cm³/mol. The number of anilines is 2. The zero-order valence-corrected chi connectivity index (χ0v) is 12.7. The Bertz CT molecular complexity index is 621. The van der Waals surface area contributed by atoms with E-state index in [0.29, 0.717) is 5.69 Å². The number of nitrogens with zero attached hydrogens (tertiary/aromatic N) is 1. The molecule has 1 fully saturated rings. The molecule has 0 radical (unpaired) electrons. The molecule has 0 spiro atoms. The van der Waals surface area contributed by atoms with E-state index >= 15 is 0 Å². The summed E-state index contributed by atoms with van der Waals surface area (Å²) < 4.78 is 0. The van der Waals surface area contributed by atoms with Crippen molar-refractivity contribution in [1.29, 1.82) is 0 Å². The summed E-state index contributed by atoms with van der Waals surface area (Å²) in [4.78, 5) is 26.0. The van der Waals surface area contributed by atoms with Gasteiger partial charge in [0.25, 0.3) is 0 Å². The summed E-state index contributed by atoms with van der Waals surface area (Å²) >= 11 is 0. The van der Waals surface area contributed by atoms with E-state index < -0.39 is 17.8 Å². The smallest absolute Gasteiger partial charge is 0.307 e. The van der Waals surface area contributed by atoms with Gasteiger partial charge in [-0.3, -0.25) is 9.59 Å². The predicted octanol–water partition coefficient (Wildman–Crippen LogP) is 2.21. The van der Waals surface area contributed by atoms with E-state index in [1.165, 1.54) is 0 Å². The number of carboxylic acids is 1. The highest BCUT2D eigenvalue weighted by atomic mass is 16.4. The summed E-state index contributed by atoms with van der Waals surface area (Å²) in [7, 11) is 3.90. The number of amides is 1. The van der Waals surface area contributed by atoms with Crippen LogP contribution >= 0.6 is 0 Å². The number of aliphatic carboxylic acids is 1. The monoisotopic (exact) mass is 300 g/mol. The fourth-order valence-electron chi connectivity index (χ4n) is 3.58. The Morgan fingerprint density at radius 2 is 1.68 bits per heavy atom. The minimum atomic E-state index is -0.875. The number of nitrogens with one attached hydrogen (secondary N) is 1. The summed E-state index contributed by atoms with van der Waals surface area (Å²) in [5.41, 5.74) is 1.75. The molecule has 116 valence electrons. The summed E-state index contributed by atoms with van der Waals surface area (Å²) in [5, 5.41) is 12.3. The van der Waals surface area contributed by atoms with Crippen LogP contribution in [0.2, 0.25) is 0 Å². The van der Waals surface area contributed by atoms with Crippen LogP contribution in [0.25, 0.3) is 0 Å². The van der Waals surface area contributed by atoms with Crippen molar-refractivity contribution >= 4 is 23.3 Å². The third-order valence-electron chi connectivity index (χ3n) is 4.70. The lowest BCUT2D eigenvalue weighted by molar-refractivity contribution is -0.146. The number of hydrogen-bond donors (Lipinski definition) is 2. The lowest BCUT2D eigenvalue weighted by Gasteiger charge is -2.24. The molecule has 0 unspecified atom stereocenters. The highest BCUT2D eigenvalue weighted by molar-refractivity contribution is 5.96. The van der Waals surface area contributed by atoms with Crippen LogP contribution in [-0.2, 0) is 9.59 Å². The Hall–Kier alpha value is -2.30. The lowest BCUT2D eigenvalue weighted by Crippen LogP contribution is -2.36. The van der Waals surface area contributed by atoms with E-state index in [4.69, 9.17) is 0 Å². The van der Waals surface area contributed by atoms with E-state index in [1.54, 1.807) is 0 Å². The molecule has 3 rings (SSSR count). The average Bonchev–Trinajstić information content (AvgIpc) is 3.08. The van der Waals surface area contributed by atoms with E-state index in [2.05, 4.69) is 5.32 Å². The maximum atomic E-state index is 12.5. The van der Waals surface area contributed by atoms with Crippen molar-refractivity contribution in [1.82, 2.24) is 0 Å². The molecule has 1 aromatic rings. The third-order valence-corrected chi connectivity index (χ3v) is 4.70. The van der Waals surface area contributed by atoms with Crippen molar-refractivity contribution in [3.05, 3.63) is 36.4 Å². The number of fused-ring (bicyclic) bond motifs is 2. The van der Waals surface area contributed by atoms with Crippen molar-refractivity contribution in [2.75, 3.05) is 24.3 Å². The normalized spacial score (nSPS) is 28.6. The maximum absolute atomic E-state index is 12.5. The molecular weight excluding hydrogens is 280 g/mol. The number of hydrogen-bond acceptors (Lipinski definition) is 3. The first kappa shape index (κ1) is 14.6. The number of carbonyl (C=O) groups is 2. The first-order valence-electron chi connectivity index (χ1n) is 7.47. The van der Waals surface area contributed by atoms with Crippen molar-refractivity contribution in [3.63, 3.8) is 0 Å². The van der Waals surface area contributed by atoms with Gasteiger partial charge >= 0.3 is 5.97 Å². The SMILES string of the molecule is CN(C)c1ccc(NC(=O)[C@H]2[C@@H](C(=O)O)[C@H]3C=C[C@H]2C3)cc1. The Labute approximate surface area is 129 Å². The van der Waals surface area contributed by atoms with Gasteiger partial charge in [-0.1, -0.05) is 12.2 Å². The zero-order valence-electron chi connectivity index (χ0n) is 12.7. The van der Waals surface area contributed by atoms with Crippen LogP contribution in [0.1, 0.15) is 6.42 Å². The van der Waals surface area contributed by atoms with Gasteiger partial charge < -0.3 is 15.3 Å². The molecule has 5 nitrogen and oxygen atoms in total. The van der Waals surface area contributed by atoms with E-state index in [9.17, 15) is 14.7 Å². The van der Waals surface area contributed by atoms with Gasteiger partial charge in [0.2, 0.25) is 5.91 Å². The van der Waals surface area contributed by atoms with Gasteiger partial charge in [-0.25, -0.2) is 0 Å². The van der Waals surface area contributed by atoms with E-state index in [1.807, 2.05) is 55.4 Å². The Balaban J connectivity index is 1.74. The van der Waals surface area contributed by atoms with Crippen molar-refractivity contribution in [3.8, 4) is 0 Å². The minimum absolute atomic E-state index is 0.00522. The molecule has 0 saturated heterocycles. The molecule has 4 atom stereocenters. The van der Waals surface area contributed by atoms with Crippen LogP contribution < -0.4 is 10.2 Å². The minimum Gasteiger partial charge on any atom is -0.481 e. The van der Waals surface area contributed by atoms with E-state index in [-0.39, 0.29) is 17.7 Å². The number of rotatable bonds is 4. The molecule has 1 amide bonds. The second kappa shape index (κ2) is 5.48. The first-order valence-corrected chi connectivity index (χ1v) is 7.47. The van der Waals surface area contributed by atoms with Gasteiger partial charge in [0, 0.05) is 25.5 Å². The molecule has 5 heteroatoms. The summed E-state index contributed by atoms with van der Waals surface area (Å²) in [6.45, 7) is 0. The van der Waals surface area contributed by atoms with Gasteiger partial charge in [0.1, 0.15) is 0 Å². The van der Waals surface area contributed by atoms with Crippen LogP contribution in [0.4, 0.5) is 11.4 Å². The average molecular weight is 300 g/mol. The first-order chi connectivity index (χ1) is 10.5. The second-order valence-electron chi connectivity index (χ2n) is 6.27. The summed E-state index contributed by atoms with van der Waals surface area (Å²) in [5.74, 6) is -2.10. The van der Waals surface area contributed by atoms with Gasteiger partial charge in [-0.15, -0.1) is 0 Å². The molecule has 22 heavy (non-hydrogen) atoms. The van der Waals surface area contributed by atoms with Crippen LogP contribution in [0.15, 0.2) is 36.4 Å². The largest absolute Gasteiger partial charge is 0.481 e. The molecule has 2 aliphatic carbocycles. The van der Waals surface area contributed by atoms with Gasteiger partial charge in [-0.05, 0) is 42.5 Å². The lowest BCUT2D eigenvalue weighted by atomic mass is 9.82. The number of allylic oxidation sites excluding steroid dienone is 2. The third kappa shape index (κ3) is 2.47. The highest BCUT2D eigenvalue weighted by Crippen LogP contribution is 2.48. The molecule has 0 heterocycles. The van der Waals surface area contributed by atoms with Crippen molar-refractivity contribution in [2.45, 2.75) is 6.42 Å². The highest BCUT2D eigenvalue weighted by Gasteiger charge is 2.51. The van der Waals surface area contributed by atoms with Crippen LogP contribution in [0, 0.1) is 23.7 Å². The Morgan fingerprint density at radius 3 is 2.23 bits per heavy atom. The van der Waals surface area contributed by atoms with Gasteiger partial charge in [0.15, 0.2) is 0 Å². The van der Waals surface area contributed by atoms with E-state index in [0.717, 1.165) is 12.1 Å². The van der Waals surface area contributed by atoms with Gasteiger partial charge in [0.05, 0.1) is 11.8 Å². The summed E-state index contributed by atoms with van der Waals surface area (Å²) in [6.07, 6.45) is 4.71. The van der Waals surface area contributed by atoms with Crippen LogP contribution in [0.3, 0.4) is 0 Å². The van der Waals surface area contributed by atoms with Crippen molar-refractivity contribution in [2.24, 2.45) is 23.7 Å². The quantitative estimate of drug-likeness (QED) is 0.837. The molecule has 2 bridgehead atoms. The van der Waals surface area contributed by atoms with Crippen LogP contribution in [0.5, 0.6) is 0 Å². The summed E-state index contributed by atoms with van der Waals surface area (Å²) in [6, 6.07) is 7.52. The van der Waals surface area contributed by atoms with Crippen molar-refractivity contribution < 1.29 is 14.7 Å². The maximum Gasteiger partial charge on any atom is 0.307 e. The second-order valence-corrected chi connectivity index (χ2v) is 6.27.